The van der Waals surface area contributed by atoms with E-state index in [-0.39, 0.29) is 12.1 Å². The van der Waals surface area contributed by atoms with Gasteiger partial charge in [0, 0.05) is 31.9 Å². The summed E-state index contributed by atoms with van der Waals surface area (Å²) in [4.78, 5) is 21.8. The van der Waals surface area contributed by atoms with E-state index >= 15 is 0 Å². The predicted octanol–water partition coefficient (Wildman–Crippen LogP) is -0.455. The number of hydrogen-bond donors (Lipinski definition) is 1. The molecule has 5 heteroatoms. The highest BCUT2D eigenvalue weighted by Gasteiger charge is 2.02. The van der Waals surface area contributed by atoms with Crippen molar-refractivity contribution in [2.75, 3.05) is 0 Å². The zero-order valence-electron chi connectivity index (χ0n) is 7.56. The summed E-state index contributed by atoms with van der Waals surface area (Å²) >= 11 is 0. The van der Waals surface area contributed by atoms with Crippen LogP contribution in [-0.2, 0) is 17.9 Å². The van der Waals surface area contributed by atoms with Crippen molar-refractivity contribution in [3.63, 3.8) is 0 Å². The summed E-state index contributed by atoms with van der Waals surface area (Å²) in [6.07, 6.45) is 3.56. The molecule has 0 aliphatic carbocycles. The van der Waals surface area contributed by atoms with Gasteiger partial charge in [-0.3, -0.25) is 13.9 Å². The number of carbonyl (C=O) groups excluding carboxylic acids is 1. The second-order valence-electron chi connectivity index (χ2n) is 2.78. The maximum atomic E-state index is 11.4. The van der Waals surface area contributed by atoms with E-state index < -0.39 is 5.91 Å². The molecule has 5 nitrogen and oxygen atoms in total. The molecule has 1 heterocycles. The molecule has 13 heavy (non-hydrogen) atoms. The Morgan fingerprint density at radius 1 is 1.46 bits per heavy atom. The summed E-state index contributed by atoms with van der Waals surface area (Å²) in [6.45, 7) is 2.89. The molecule has 0 saturated carbocycles. The molecule has 1 aromatic rings. The van der Waals surface area contributed by atoms with Gasteiger partial charge in [-0.05, 0) is 6.92 Å². The van der Waals surface area contributed by atoms with Crippen LogP contribution in [0.15, 0.2) is 17.2 Å². The fraction of sp³-hybridized carbons (Fsp3) is 0.500. The monoisotopic (exact) mass is 183 g/mol. The molecule has 0 bridgehead atoms. The maximum absolute atomic E-state index is 11.4. The fourth-order valence-corrected chi connectivity index (χ4v) is 1.09. The normalized spacial score (nSPS) is 10.2. The van der Waals surface area contributed by atoms with Crippen LogP contribution in [0.5, 0.6) is 0 Å². The van der Waals surface area contributed by atoms with Gasteiger partial charge < -0.3 is 5.73 Å². The molecule has 0 unspecified atom stereocenters. The molecule has 0 saturated heterocycles. The van der Waals surface area contributed by atoms with Gasteiger partial charge in [-0.25, -0.2) is 4.79 Å². The lowest BCUT2D eigenvalue weighted by atomic mass is 10.4. The first kappa shape index (κ1) is 9.57. The molecule has 0 aliphatic rings. The highest BCUT2D eigenvalue weighted by molar-refractivity contribution is 5.73. The second kappa shape index (κ2) is 3.93. The van der Waals surface area contributed by atoms with Crippen molar-refractivity contribution in [3.8, 4) is 0 Å². The summed E-state index contributed by atoms with van der Waals surface area (Å²) in [6, 6.07) is 0. The van der Waals surface area contributed by atoms with Crippen molar-refractivity contribution >= 4 is 5.91 Å². The smallest absolute Gasteiger partial charge is 0.328 e. The van der Waals surface area contributed by atoms with Gasteiger partial charge in [0.05, 0.1) is 0 Å². The van der Waals surface area contributed by atoms with Crippen LogP contribution in [0.25, 0.3) is 0 Å². The van der Waals surface area contributed by atoms with Crippen molar-refractivity contribution < 1.29 is 4.79 Å². The van der Waals surface area contributed by atoms with Crippen LogP contribution < -0.4 is 11.4 Å². The number of amides is 1. The number of rotatable bonds is 4. The molecule has 2 N–H and O–H groups in total. The fourth-order valence-electron chi connectivity index (χ4n) is 1.09. The first-order valence-electron chi connectivity index (χ1n) is 4.19. The SMILES string of the molecule is CCn1ccn(CCC(N)=O)c1=O. The van der Waals surface area contributed by atoms with E-state index in [4.69, 9.17) is 5.73 Å². The topological polar surface area (TPSA) is 70.0 Å². The van der Waals surface area contributed by atoms with Gasteiger partial charge in [0.15, 0.2) is 0 Å². The number of hydrogen-bond acceptors (Lipinski definition) is 2. The first-order valence-corrected chi connectivity index (χ1v) is 4.19. The third kappa shape index (κ3) is 2.21. The lowest BCUT2D eigenvalue weighted by Gasteiger charge is -1.97. The molecule has 72 valence electrons. The summed E-state index contributed by atoms with van der Waals surface area (Å²) < 4.78 is 3.05. The van der Waals surface area contributed by atoms with Crippen LogP contribution in [0.4, 0.5) is 0 Å². The lowest BCUT2D eigenvalue weighted by Crippen LogP contribution is -2.25. The van der Waals surface area contributed by atoms with Crippen molar-refractivity contribution in [2.45, 2.75) is 26.4 Å². The Balaban J connectivity index is 2.73. The van der Waals surface area contributed by atoms with Crippen molar-refractivity contribution in [1.29, 1.82) is 0 Å². The Kier molecular flexibility index (Phi) is 2.89. The molecule has 0 radical (unpaired) electrons. The lowest BCUT2D eigenvalue weighted by molar-refractivity contribution is -0.118. The molecule has 0 atom stereocenters. The number of nitrogens with two attached hydrogens (primary N) is 1. The van der Waals surface area contributed by atoms with Gasteiger partial charge in [-0.1, -0.05) is 0 Å². The van der Waals surface area contributed by atoms with E-state index in [1.807, 2.05) is 6.92 Å². The number of imidazole rings is 1. The molecular formula is C8H13N3O2. The average Bonchev–Trinajstić information content (AvgIpc) is 2.43. The van der Waals surface area contributed by atoms with Gasteiger partial charge >= 0.3 is 5.69 Å². The van der Waals surface area contributed by atoms with Crippen molar-refractivity contribution in [2.24, 2.45) is 5.73 Å². The third-order valence-electron chi connectivity index (χ3n) is 1.86. The Labute approximate surface area is 75.8 Å². The van der Waals surface area contributed by atoms with E-state index in [2.05, 4.69) is 0 Å². The van der Waals surface area contributed by atoms with Crippen LogP contribution >= 0.6 is 0 Å². The van der Waals surface area contributed by atoms with E-state index in [1.165, 1.54) is 4.57 Å². The minimum atomic E-state index is -0.392. The van der Waals surface area contributed by atoms with Gasteiger partial charge in [0.25, 0.3) is 0 Å². The van der Waals surface area contributed by atoms with Crippen LogP contribution in [0.3, 0.4) is 0 Å². The number of aryl methyl sites for hydroxylation is 2. The molecule has 0 aliphatic heterocycles. The third-order valence-corrected chi connectivity index (χ3v) is 1.86. The number of aromatic nitrogens is 2. The first-order chi connectivity index (χ1) is 6.15. The average molecular weight is 183 g/mol. The molecule has 1 rings (SSSR count). The van der Waals surface area contributed by atoms with Crippen molar-refractivity contribution in [3.05, 3.63) is 22.9 Å². The Hall–Kier alpha value is -1.52. The van der Waals surface area contributed by atoms with E-state index in [0.29, 0.717) is 13.1 Å². The Bertz CT molecular complexity index is 351. The second-order valence-corrected chi connectivity index (χ2v) is 2.78. The largest absolute Gasteiger partial charge is 0.370 e. The molecule has 0 spiro atoms. The standard InChI is InChI=1S/C8H13N3O2/c1-2-10-5-6-11(8(10)13)4-3-7(9)12/h5-6H,2-4H2,1H3,(H2,9,12). The van der Waals surface area contributed by atoms with Crippen LogP contribution in [0, 0.1) is 0 Å². The van der Waals surface area contributed by atoms with Crippen molar-refractivity contribution in [1.82, 2.24) is 9.13 Å². The molecule has 1 amide bonds. The van der Waals surface area contributed by atoms with E-state index in [0.717, 1.165) is 0 Å². The molecular weight excluding hydrogens is 170 g/mol. The van der Waals surface area contributed by atoms with Crippen LogP contribution in [-0.4, -0.2) is 15.0 Å². The summed E-state index contributed by atoms with van der Waals surface area (Å²) in [5.74, 6) is -0.392. The van der Waals surface area contributed by atoms with Gasteiger partial charge in [-0.2, -0.15) is 0 Å². The molecule has 1 aromatic heterocycles. The zero-order chi connectivity index (χ0) is 9.84. The van der Waals surface area contributed by atoms with Gasteiger partial charge in [-0.15, -0.1) is 0 Å². The van der Waals surface area contributed by atoms with Crippen LogP contribution in [0.1, 0.15) is 13.3 Å². The predicted molar refractivity (Wildman–Crippen MR) is 48.2 cm³/mol. The van der Waals surface area contributed by atoms with Crippen LogP contribution in [0.2, 0.25) is 0 Å². The number of carbonyl (C=O) groups is 1. The van der Waals surface area contributed by atoms with Gasteiger partial charge in [0.1, 0.15) is 0 Å². The Morgan fingerprint density at radius 2 is 2.08 bits per heavy atom. The quantitative estimate of drug-likeness (QED) is 0.686. The van der Waals surface area contributed by atoms with E-state index in [9.17, 15) is 9.59 Å². The molecule has 0 fully saturated rings. The minimum absolute atomic E-state index is 0.0937. The number of nitrogens with zero attached hydrogens (tertiary/aromatic N) is 2. The summed E-state index contributed by atoms with van der Waals surface area (Å²) in [5, 5.41) is 0. The molecule has 0 aromatic carbocycles. The summed E-state index contributed by atoms with van der Waals surface area (Å²) in [7, 11) is 0. The minimum Gasteiger partial charge on any atom is -0.370 e. The van der Waals surface area contributed by atoms with E-state index in [1.54, 1.807) is 17.0 Å². The number of primary amides is 1. The Morgan fingerprint density at radius 3 is 2.54 bits per heavy atom. The van der Waals surface area contributed by atoms with Gasteiger partial charge in [0.2, 0.25) is 5.91 Å². The summed E-state index contributed by atoms with van der Waals surface area (Å²) in [5.41, 5.74) is 4.87. The highest BCUT2D eigenvalue weighted by Crippen LogP contribution is 1.88. The zero-order valence-corrected chi connectivity index (χ0v) is 7.56. The maximum Gasteiger partial charge on any atom is 0.328 e. The highest BCUT2D eigenvalue weighted by atomic mass is 16.2.